The van der Waals surface area contributed by atoms with E-state index in [2.05, 4.69) is 4.98 Å². The van der Waals surface area contributed by atoms with Gasteiger partial charge in [0.15, 0.2) is 0 Å². The Morgan fingerprint density at radius 3 is 2.90 bits per heavy atom. The van der Waals surface area contributed by atoms with Crippen molar-refractivity contribution in [3.63, 3.8) is 0 Å². The molecule has 1 fully saturated rings. The van der Waals surface area contributed by atoms with E-state index < -0.39 is 16.4 Å². The molecule has 0 spiro atoms. The van der Waals surface area contributed by atoms with Gasteiger partial charge in [0.2, 0.25) is 5.82 Å². The highest BCUT2D eigenvalue weighted by Gasteiger charge is 2.44. The van der Waals surface area contributed by atoms with Crippen molar-refractivity contribution in [2.45, 2.75) is 31.7 Å². The molecule has 0 bridgehead atoms. The standard InChI is InChI=1S/C12H14ClN3O4/c1-12(11(17)18)4-2-3-5-15(12)10-9(16(19)20)6-8(13)7-14-10/h6-7H,2-5H2,1H3,(H,17,18). The quantitative estimate of drug-likeness (QED) is 0.680. The van der Waals surface area contributed by atoms with Crippen molar-refractivity contribution in [3.05, 3.63) is 27.4 Å². The first-order valence-corrected chi connectivity index (χ1v) is 6.55. The van der Waals surface area contributed by atoms with Crippen LogP contribution in [0.4, 0.5) is 11.5 Å². The zero-order valence-corrected chi connectivity index (χ0v) is 11.6. The first kappa shape index (κ1) is 14.5. The Morgan fingerprint density at radius 1 is 1.60 bits per heavy atom. The van der Waals surface area contributed by atoms with Crippen molar-refractivity contribution in [1.82, 2.24) is 4.98 Å². The molecule has 1 unspecified atom stereocenters. The lowest BCUT2D eigenvalue weighted by molar-refractivity contribution is -0.384. The van der Waals surface area contributed by atoms with Gasteiger partial charge in [-0.25, -0.2) is 9.78 Å². The fourth-order valence-electron chi connectivity index (χ4n) is 2.45. The van der Waals surface area contributed by atoms with Crippen LogP contribution in [-0.2, 0) is 4.79 Å². The lowest BCUT2D eigenvalue weighted by Crippen LogP contribution is -2.55. The second-order valence-electron chi connectivity index (χ2n) is 4.94. The predicted molar refractivity (Wildman–Crippen MR) is 73.1 cm³/mol. The summed E-state index contributed by atoms with van der Waals surface area (Å²) in [6.45, 7) is 1.98. The molecule has 7 nitrogen and oxygen atoms in total. The third kappa shape index (κ3) is 2.40. The van der Waals surface area contributed by atoms with Crippen molar-refractivity contribution < 1.29 is 14.8 Å². The molecule has 108 valence electrons. The Balaban J connectivity index is 2.53. The highest BCUT2D eigenvalue weighted by atomic mass is 35.5. The summed E-state index contributed by atoms with van der Waals surface area (Å²) in [7, 11) is 0. The van der Waals surface area contributed by atoms with Crippen LogP contribution in [0.2, 0.25) is 5.02 Å². The highest BCUT2D eigenvalue weighted by Crippen LogP contribution is 2.37. The van der Waals surface area contributed by atoms with Crippen LogP contribution in [0, 0.1) is 10.1 Å². The summed E-state index contributed by atoms with van der Waals surface area (Å²) in [5.74, 6) is -0.952. The van der Waals surface area contributed by atoms with E-state index in [9.17, 15) is 20.0 Å². The van der Waals surface area contributed by atoms with Crippen LogP contribution in [-0.4, -0.2) is 33.1 Å². The lowest BCUT2D eigenvalue weighted by Gasteiger charge is -2.41. The third-order valence-corrected chi connectivity index (χ3v) is 3.82. The number of carbonyl (C=O) groups is 1. The second kappa shape index (κ2) is 5.24. The van der Waals surface area contributed by atoms with E-state index in [-0.39, 0.29) is 16.5 Å². The number of aliphatic carboxylic acids is 1. The Kier molecular flexibility index (Phi) is 3.80. The van der Waals surface area contributed by atoms with Gasteiger partial charge >= 0.3 is 11.7 Å². The molecule has 1 aromatic heterocycles. The molecular formula is C12H14ClN3O4. The molecule has 1 saturated heterocycles. The molecule has 8 heteroatoms. The summed E-state index contributed by atoms with van der Waals surface area (Å²) in [4.78, 5) is 27.6. The van der Waals surface area contributed by atoms with E-state index in [4.69, 9.17) is 11.6 Å². The van der Waals surface area contributed by atoms with Crippen molar-refractivity contribution in [3.8, 4) is 0 Å². The number of rotatable bonds is 3. The van der Waals surface area contributed by atoms with Crippen LogP contribution in [0.1, 0.15) is 26.2 Å². The summed E-state index contributed by atoms with van der Waals surface area (Å²) >= 11 is 5.73. The SMILES string of the molecule is CC1(C(=O)O)CCCCN1c1ncc(Cl)cc1[N+](=O)[O-]. The number of piperidine rings is 1. The van der Waals surface area contributed by atoms with Gasteiger partial charge in [0.25, 0.3) is 0 Å². The minimum absolute atomic E-state index is 0.0593. The number of pyridine rings is 1. The van der Waals surface area contributed by atoms with Crippen molar-refractivity contribution in [2.75, 3.05) is 11.4 Å². The van der Waals surface area contributed by atoms with Crippen LogP contribution in [0.5, 0.6) is 0 Å². The topological polar surface area (TPSA) is 96.6 Å². The smallest absolute Gasteiger partial charge is 0.329 e. The largest absolute Gasteiger partial charge is 0.480 e. The summed E-state index contributed by atoms with van der Waals surface area (Å²) in [5, 5.41) is 20.7. The highest BCUT2D eigenvalue weighted by molar-refractivity contribution is 6.30. The lowest BCUT2D eigenvalue weighted by atomic mass is 9.88. The molecular weight excluding hydrogens is 286 g/mol. The Morgan fingerprint density at radius 2 is 2.30 bits per heavy atom. The molecule has 1 aliphatic rings. The molecule has 1 aliphatic heterocycles. The number of halogens is 1. The maximum absolute atomic E-state index is 11.5. The normalized spacial score (nSPS) is 22.6. The number of carboxylic acid groups (broad SMARTS) is 1. The van der Waals surface area contributed by atoms with Gasteiger partial charge in [-0.1, -0.05) is 11.6 Å². The van der Waals surface area contributed by atoms with Crippen LogP contribution < -0.4 is 4.90 Å². The van der Waals surface area contributed by atoms with E-state index in [1.165, 1.54) is 17.2 Å². The summed E-state index contributed by atoms with van der Waals surface area (Å²) in [6, 6.07) is 1.20. The van der Waals surface area contributed by atoms with Crippen LogP contribution in [0.3, 0.4) is 0 Å². The second-order valence-corrected chi connectivity index (χ2v) is 5.38. The molecule has 0 saturated carbocycles. The maximum Gasteiger partial charge on any atom is 0.329 e. The number of anilines is 1. The van der Waals surface area contributed by atoms with Crippen LogP contribution >= 0.6 is 11.6 Å². The van der Waals surface area contributed by atoms with E-state index in [0.717, 1.165) is 12.8 Å². The first-order valence-electron chi connectivity index (χ1n) is 6.17. The van der Waals surface area contributed by atoms with Crippen molar-refractivity contribution >= 4 is 29.1 Å². The van der Waals surface area contributed by atoms with Gasteiger partial charge in [-0.2, -0.15) is 0 Å². The zero-order chi connectivity index (χ0) is 14.9. The molecule has 0 aromatic carbocycles. The van der Waals surface area contributed by atoms with E-state index in [1.54, 1.807) is 6.92 Å². The first-order chi connectivity index (χ1) is 9.36. The van der Waals surface area contributed by atoms with Gasteiger partial charge in [0, 0.05) is 18.8 Å². The average Bonchev–Trinajstić information content (AvgIpc) is 2.39. The minimum Gasteiger partial charge on any atom is -0.480 e. The summed E-state index contributed by atoms with van der Waals surface area (Å²) < 4.78 is 0. The van der Waals surface area contributed by atoms with Crippen molar-refractivity contribution in [2.24, 2.45) is 0 Å². The number of nitro groups is 1. The molecule has 2 rings (SSSR count). The Labute approximate surface area is 120 Å². The Hall–Kier alpha value is -1.89. The van der Waals surface area contributed by atoms with Crippen LogP contribution in [0.15, 0.2) is 12.3 Å². The van der Waals surface area contributed by atoms with Gasteiger partial charge in [0.05, 0.1) is 9.95 Å². The van der Waals surface area contributed by atoms with Crippen LogP contribution in [0.25, 0.3) is 0 Å². The van der Waals surface area contributed by atoms with Gasteiger partial charge < -0.3 is 10.0 Å². The molecule has 0 aliphatic carbocycles. The fraction of sp³-hybridized carbons (Fsp3) is 0.500. The molecule has 1 atom stereocenters. The number of nitrogens with zero attached hydrogens (tertiary/aromatic N) is 3. The predicted octanol–water partition coefficient (Wildman–Crippen LogP) is 2.48. The average molecular weight is 300 g/mol. The van der Waals surface area contributed by atoms with E-state index in [1.807, 2.05) is 0 Å². The van der Waals surface area contributed by atoms with Gasteiger partial charge in [-0.3, -0.25) is 10.1 Å². The minimum atomic E-state index is -1.19. The molecule has 1 N–H and O–H groups in total. The van der Waals surface area contributed by atoms with Gasteiger partial charge in [-0.05, 0) is 26.2 Å². The number of hydrogen-bond acceptors (Lipinski definition) is 5. The number of hydrogen-bond donors (Lipinski definition) is 1. The molecule has 0 amide bonds. The van der Waals surface area contributed by atoms with Gasteiger partial charge in [0.1, 0.15) is 5.54 Å². The Bertz CT molecular complexity index is 566. The van der Waals surface area contributed by atoms with E-state index in [0.29, 0.717) is 13.0 Å². The fourth-order valence-corrected chi connectivity index (χ4v) is 2.60. The molecule has 2 heterocycles. The van der Waals surface area contributed by atoms with E-state index >= 15 is 0 Å². The number of aromatic nitrogens is 1. The molecule has 0 radical (unpaired) electrons. The number of carboxylic acids is 1. The zero-order valence-electron chi connectivity index (χ0n) is 10.9. The third-order valence-electron chi connectivity index (χ3n) is 3.62. The monoisotopic (exact) mass is 299 g/mol. The molecule has 1 aromatic rings. The maximum atomic E-state index is 11.5. The van der Waals surface area contributed by atoms with Gasteiger partial charge in [-0.15, -0.1) is 0 Å². The van der Waals surface area contributed by atoms with Crippen molar-refractivity contribution in [1.29, 1.82) is 0 Å². The molecule has 20 heavy (non-hydrogen) atoms. The summed E-state index contributed by atoms with van der Waals surface area (Å²) in [6.07, 6.45) is 3.25. The summed E-state index contributed by atoms with van der Waals surface area (Å²) in [5.41, 5.74) is -1.46.